The zero-order valence-corrected chi connectivity index (χ0v) is 11.9. The van der Waals surface area contributed by atoms with Crippen LogP contribution in [0.15, 0.2) is 24.3 Å². The number of hydrogen-bond acceptors (Lipinski definition) is 3. The van der Waals surface area contributed by atoms with Gasteiger partial charge >= 0.3 is 0 Å². The fourth-order valence-corrected chi connectivity index (χ4v) is 2.88. The van der Waals surface area contributed by atoms with Gasteiger partial charge in [0, 0.05) is 0 Å². The largest absolute Gasteiger partial charge is 0.497 e. The molecule has 20 heavy (non-hydrogen) atoms. The Morgan fingerprint density at radius 3 is 2.60 bits per heavy atom. The number of rotatable bonds is 5. The Morgan fingerprint density at radius 1 is 1.30 bits per heavy atom. The van der Waals surface area contributed by atoms with Crippen molar-refractivity contribution >= 4 is 5.91 Å². The first-order valence-corrected chi connectivity index (χ1v) is 7.45. The molecule has 2 atom stereocenters. The molecule has 0 aromatic heterocycles. The summed E-state index contributed by atoms with van der Waals surface area (Å²) >= 11 is 0. The summed E-state index contributed by atoms with van der Waals surface area (Å²) in [7, 11) is 1.67. The van der Waals surface area contributed by atoms with Crippen LogP contribution in [-0.2, 0) is 4.79 Å². The van der Waals surface area contributed by atoms with E-state index in [0.717, 1.165) is 25.1 Å². The Balaban J connectivity index is 1.69. The van der Waals surface area contributed by atoms with Gasteiger partial charge in [0.1, 0.15) is 5.75 Å². The predicted molar refractivity (Wildman–Crippen MR) is 77.6 cm³/mol. The fourth-order valence-electron chi connectivity index (χ4n) is 2.88. The standard InChI is InChI=1S/C16H22N2O2/c1-20-13-8-6-12(7-9-13)15(11-4-5-11)18-16(19)14-3-2-10-17-14/h6-9,11,14-15,17H,2-5,10H2,1H3,(H,18,19)/t14-,15?/m0/s1. The normalized spacial score (nSPS) is 23.4. The van der Waals surface area contributed by atoms with Crippen molar-refractivity contribution in [1.82, 2.24) is 10.6 Å². The summed E-state index contributed by atoms with van der Waals surface area (Å²) in [5.41, 5.74) is 1.18. The number of carbonyl (C=O) groups excluding carboxylic acids is 1. The third-order valence-electron chi connectivity index (χ3n) is 4.24. The molecule has 1 unspecified atom stereocenters. The van der Waals surface area contributed by atoms with Crippen molar-refractivity contribution in [3.8, 4) is 5.75 Å². The van der Waals surface area contributed by atoms with E-state index in [1.165, 1.54) is 18.4 Å². The molecule has 1 heterocycles. The molecule has 1 aromatic rings. The summed E-state index contributed by atoms with van der Waals surface area (Å²) in [6, 6.07) is 8.19. The zero-order chi connectivity index (χ0) is 13.9. The minimum absolute atomic E-state index is 0.00509. The van der Waals surface area contributed by atoms with Gasteiger partial charge in [0.25, 0.3) is 0 Å². The second-order valence-electron chi connectivity index (χ2n) is 5.75. The van der Waals surface area contributed by atoms with E-state index in [1.54, 1.807) is 7.11 Å². The van der Waals surface area contributed by atoms with E-state index in [-0.39, 0.29) is 18.0 Å². The van der Waals surface area contributed by atoms with Crippen molar-refractivity contribution in [2.75, 3.05) is 13.7 Å². The number of nitrogens with one attached hydrogen (secondary N) is 2. The molecule has 2 N–H and O–H groups in total. The van der Waals surface area contributed by atoms with Crippen molar-refractivity contribution < 1.29 is 9.53 Å². The molecular weight excluding hydrogens is 252 g/mol. The number of methoxy groups -OCH3 is 1. The Bertz CT molecular complexity index is 462. The lowest BCUT2D eigenvalue weighted by Gasteiger charge is -2.21. The summed E-state index contributed by atoms with van der Waals surface area (Å²) in [6.45, 7) is 0.953. The molecule has 0 bridgehead atoms. The molecule has 1 saturated carbocycles. The van der Waals surface area contributed by atoms with Gasteiger partial charge in [0.2, 0.25) is 5.91 Å². The van der Waals surface area contributed by atoms with Gasteiger partial charge in [0.05, 0.1) is 19.2 Å². The van der Waals surface area contributed by atoms with Gasteiger partial charge in [0.15, 0.2) is 0 Å². The van der Waals surface area contributed by atoms with Gasteiger partial charge in [-0.2, -0.15) is 0 Å². The number of amides is 1. The molecule has 4 heteroatoms. The van der Waals surface area contributed by atoms with Gasteiger partial charge in [-0.25, -0.2) is 0 Å². The van der Waals surface area contributed by atoms with Crippen LogP contribution in [0.1, 0.15) is 37.3 Å². The number of hydrogen-bond donors (Lipinski definition) is 2. The van der Waals surface area contributed by atoms with E-state index in [1.807, 2.05) is 12.1 Å². The van der Waals surface area contributed by atoms with Crippen LogP contribution in [-0.4, -0.2) is 25.6 Å². The molecule has 2 fully saturated rings. The lowest BCUT2D eigenvalue weighted by molar-refractivity contribution is -0.123. The molecule has 1 saturated heterocycles. The molecular formula is C16H22N2O2. The Labute approximate surface area is 119 Å². The SMILES string of the molecule is COc1ccc(C(NC(=O)[C@@H]2CCCN2)C2CC2)cc1. The van der Waals surface area contributed by atoms with Crippen LogP contribution in [0, 0.1) is 5.92 Å². The van der Waals surface area contributed by atoms with Crippen molar-refractivity contribution in [2.24, 2.45) is 5.92 Å². The van der Waals surface area contributed by atoms with Crippen molar-refractivity contribution in [2.45, 2.75) is 37.8 Å². The average Bonchev–Trinajstić information content (AvgIpc) is 3.17. The maximum atomic E-state index is 12.3. The molecule has 0 spiro atoms. The Hall–Kier alpha value is -1.55. The highest BCUT2D eigenvalue weighted by Crippen LogP contribution is 2.41. The third kappa shape index (κ3) is 2.96. The predicted octanol–water partition coefficient (Wildman–Crippen LogP) is 2.01. The smallest absolute Gasteiger partial charge is 0.237 e. The maximum absolute atomic E-state index is 12.3. The summed E-state index contributed by atoms with van der Waals surface area (Å²) in [4.78, 5) is 12.3. The van der Waals surface area contributed by atoms with Crippen molar-refractivity contribution in [3.05, 3.63) is 29.8 Å². The van der Waals surface area contributed by atoms with Crippen molar-refractivity contribution in [1.29, 1.82) is 0 Å². The molecule has 0 radical (unpaired) electrons. The van der Waals surface area contributed by atoms with Gasteiger partial charge in [-0.1, -0.05) is 12.1 Å². The molecule has 1 aromatic carbocycles. The van der Waals surface area contributed by atoms with Crippen LogP contribution in [0.4, 0.5) is 0 Å². The second kappa shape index (κ2) is 5.83. The summed E-state index contributed by atoms with van der Waals surface area (Å²) in [5.74, 6) is 1.59. The molecule has 108 valence electrons. The molecule has 1 aliphatic carbocycles. The van der Waals surface area contributed by atoms with Crippen LogP contribution in [0.2, 0.25) is 0 Å². The van der Waals surface area contributed by atoms with Crippen LogP contribution < -0.4 is 15.4 Å². The summed E-state index contributed by atoms with van der Waals surface area (Å²) < 4.78 is 5.19. The highest BCUT2D eigenvalue weighted by atomic mass is 16.5. The van der Waals surface area contributed by atoms with Crippen LogP contribution in [0.3, 0.4) is 0 Å². The quantitative estimate of drug-likeness (QED) is 0.863. The van der Waals surface area contributed by atoms with E-state index in [0.29, 0.717) is 5.92 Å². The monoisotopic (exact) mass is 274 g/mol. The lowest BCUT2D eigenvalue weighted by atomic mass is 10.0. The summed E-state index contributed by atoms with van der Waals surface area (Å²) in [5, 5.41) is 6.49. The third-order valence-corrected chi connectivity index (χ3v) is 4.24. The highest BCUT2D eigenvalue weighted by Gasteiger charge is 2.35. The first-order valence-electron chi connectivity index (χ1n) is 7.45. The minimum Gasteiger partial charge on any atom is -0.497 e. The van der Waals surface area contributed by atoms with Gasteiger partial charge < -0.3 is 15.4 Å². The van der Waals surface area contributed by atoms with E-state index in [9.17, 15) is 4.79 Å². The summed E-state index contributed by atoms with van der Waals surface area (Å²) in [6.07, 6.45) is 4.45. The zero-order valence-electron chi connectivity index (χ0n) is 11.9. The first-order chi connectivity index (χ1) is 9.78. The average molecular weight is 274 g/mol. The molecule has 4 nitrogen and oxygen atoms in total. The van der Waals surface area contributed by atoms with E-state index < -0.39 is 0 Å². The Morgan fingerprint density at radius 2 is 2.05 bits per heavy atom. The van der Waals surface area contributed by atoms with Crippen LogP contribution >= 0.6 is 0 Å². The number of benzene rings is 1. The van der Waals surface area contributed by atoms with Crippen LogP contribution in [0.25, 0.3) is 0 Å². The molecule has 1 amide bonds. The van der Waals surface area contributed by atoms with Crippen molar-refractivity contribution in [3.63, 3.8) is 0 Å². The van der Waals surface area contributed by atoms with Gasteiger partial charge in [-0.3, -0.25) is 4.79 Å². The minimum atomic E-state index is -0.00509. The van der Waals surface area contributed by atoms with Gasteiger partial charge in [-0.05, 0) is 55.8 Å². The topological polar surface area (TPSA) is 50.4 Å². The molecule has 2 aliphatic rings. The number of carbonyl (C=O) groups is 1. The van der Waals surface area contributed by atoms with Gasteiger partial charge in [-0.15, -0.1) is 0 Å². The van der Waals surface area contributed by atoms with E-state index in [4.69, 9.17) is 4.74 Å². The lowest BCUT2D eigenvalue weighted by Crippen LogP contribution is -2.42. The van der Waals surface area contributed by atoms with E-state index >= 15 is 0 Å². The molecule has 3 rings (SSSR count). The first kappa shape index (κ1) is 13.4. The highest BCUT2D eigenvalue weighted by molar-refractivity contribution is 5.82. The second-order valence-corrected chi connectivity index (χ2v) is 5.75. The maximum Gasteiger partial charge on any atom is 0.237 e. The Kier molecular flexibility index (Phi) is 3.92. The number of ether oxygens (including phenoxy) is 1. The van der Waals surface area contributed by atoms with E-state index in [2.05, 4.69) is 22.8 Å². The fraction of sp³-hybridized carbons (Fsp3) is 0.562. The molecule has 1 aliphatic heterocycles. The van der Waals surface area contributed by atoms with Crippen LogP contribution in [0.5, 0.6) is 5.75 Å².